The van der Waals surface area contributed by atoms with Crippen LogP contribution in [-0.2, 0) is 22.6 Å². The topological polar surface area (TPSA) is 116 Å². The minimum atomic E-state index is -0.894. The molecule has 1 atom stereocenters. The van der Waals surface area contributed by atoms with Crippen molar-refractivity contribution in [2.45, 2.75) is 25.5 Å². The maximum Gasteiger partial charge on any atom is 0.307 e. The highest BCUT2D eigenvalue weighted by Gasteiger charge is 2.27. The van der Waals surface area contributed by atoms with E-state index in [9.17, 15) is 9.90 Å². The van der Waals surface area contributed by atoms with Gasteiger partial charge in [0.25, 0.3) is 0 Å². The monoisotopic (exact) mass is 551 g/mol. The molecule has 0 radical (unpaired) electrons. The molecule has 3 aromatic carbocycles. The molecule has 1 aliphatic heterocycles. The summed E-state index contributed by atoms with van der Waals surface area (Å²) in [5.74, 6) is 0.179. The van der Waals surface area contributed by atoms with E-state index < -0.39 is 5.97 Å². The van der Waals surface area contributed by atoms with Crippen molar-refractivity contribution in [3.63, 3.8) is 0 Å². The quantitative estimate of drug-likeness (QED) is 0.251. The number of fused-ring (bicyclic) bond motifs is 2. The number of carboxylic acids is 1. The van der Waals surface area contributed by atoms with Crippen molar-refractivity contribution in [3.05, 3.63) is 84.2 Å². The Morgan fingerprint density at radius 1 is 1.07 bits per heavy atom. The Labute approximate surface area is 238 Å². The average molecular weight is 552 g/mol. The van der Waals surface area contributed by atoms with E-state index in [4.69, 9.17) is 20.3 Å². The van der Waals surface area contributed by atoms with Crippen LogP contribution in [-0.4, -0.2) is 64.1 Å². The first-order chi connectivity index (χ1) is 20.0. The Morgan fingerprint density at radius 3 is 2.71 bits per heavy atom. The Balaban J connectivity index is 1.39. The number of aromatic nitrogens is 3. The Morgan fingerprint density at radius 2 is 1.88 bits per heavy atom. The van der Waals surface area contributed by atoms with Gasteiger partial charge in [-0.25, -0.2) is 4.98 Å². The lowest BCUT2D eigenvalue weighted by atomic mass is 10.00. The molecule has 0 amide bonds. The van der Waals surface area contributed by atoms with Gasteiger partial charge in [-0.3, -0.25) is 14.4 Å². The third-order valence-electron chi connectivity index (χ3n) is 7.81. The van der Waals surface area contributed by atoms with Gasteiger partial charge in [0, 0.05) is 49.3 Å². The van der Waals surface area contributed by atoms with Gasteiger partial charge in [0.2, 0.25) is 0 Å². The van der Waals surface area contributed by atoms with E-state index in [0.29, 0.717) is 23.7 Å². The molecule has 9 nitrogen and oxygen atoms in total. The molecular formula is C32H33N5O4. The number of likely N-dealkylation sites (tertiary alicyclic amines) is 1. The molecule has 3 N–H and O–H groups in total. The second-order valence-electron chi connectivity index (χ2n) is 10.5. The maximum absolute atomic E-state index is 11.4. The number of rotatable bonds is 10. The number of aliphatic carboxylic acids is 1. The number of hydrogen-bond acceptors (Lipinski definition) is 7. The van der Waals surface area contributed by atoms with Crippen molar-refractivity contribution in [3.8, 4) is 16.9 Å². The van der Waals surface area contributed by atoms with E-state index in [1.807, 2.05) is 24.3 Å². The van der Waals surface area contributed by atoms with E-state index in [0.717, 1.165) is 64.6 Å². The molecule has 6 rings (SSSR count). The van der Waals surface area contributed by atoms with Crippen LogP contribution >= 0.6 is 0 Å². The summed E-state index contributed by atoms with van der Waals surface area (Å²) in [6, 6.07) is 22.0. The van der Waals surface area contributed by atoms with Crippen molar-refractivity contribution in [1.29, 1.82) is 0 Å². The highest BCUT2D eigenvalue weighted by atomic mass is 16.5. The van der Waals surface area contributed by atoms with Crippen LogP contribution in [0.3, 0.4) is 0 Å². The summed E-state index contributed by atoms with van der Waals surface area (Å²) < 4.78 is 13.7. The van der Waals surface area contributed by atoms with Gasteiger partial charge in [0.05, 0.1) is 30.3 Å². The number of anilines is 1. The van der Waals surface area contributed by atoms with Crippen LogP contribution in [0.4, 0.5) is 5.82 Å². The Hall–Kier alpha value is -4.47. The molecule has 9 heteroatoms. The SMILES string of the molecule is COCCN1CCC(n2nc3ccc(-c4ccc5ccnc(N)c5c4)cc3c2COc2ccccc2CC(=O)O)C1. The van der Waals surface area contributed by atoms with Crippen molar-refractivity contribution < 1.29 is 19.4 Å². The first-order valence-electron chi connectivity index (χ1n) is 13.8. The number of nitrogen functional groups attached to an aromatic ring is 1. The molecule has 1 fully saturated rings. The zero-order valence-corrected chi connectivity index (χ0v) is 23.0. The van der Waals surface area contributed by atoms with Crippen molar-refractivity contribution in [2.75, 3.05) is 39.1 Å². The molecular weight excluding hydrogens is 518 g/mol. The molecule has 2 aromatic heterocycles. The molecule has 0 aliphatic carbocycles. The lowest BCUT2D eigenvalue weighted by Crippen LogP contribution is -2.26. The number of ether oxygens (including phenoxy) is 2. The largest absolute Gasteiger partial charge is 0.487 e. The molecule has 0 saturated carbocycles. The summed E-state index contributed by atoms with van der Waals surface area (Å²) in [6.45, 7) is 3.69. The Kier molecular flexibility index (Phi) is 7.54. The van der Waals surface area contributed by atoms with E-state index >= 15 is 0 Å². The van der Waals surface area contributed by atoms with Gasteiger partial charge in [-0.15, -0.1) is 0 Å². The van der Waals surface area contributed by atoms with Crippen LogP contribution in [0.1, 0.15) is 23.7 Å². The number of methoxy groups -OCH3 is 1. The summed E-state index contributed by atoms with van der Waals surface area (Å²) >= 11 is 0. The molecule has 0 bridgehead atoms. The first-order valence-corrected chi connectivity index (χ1v) is 13.8. The third kappa shape index (κ3) is 5.59. The number of pyridine rings is 1. The second-order valence-corrected chi connectivity index (χ2v) is 10.5. The van der Waals surface area contributed by atoms with Crippen molar-refractivity contribution in [1.82, 2.24) is 19.7 Å². The molecule has 1 saturated heterocycles. The molecule has 210 valence electrons. The summed E-state index contributed by atoms with van der Waals surface area (Å²) in [6.07, 6.45) is 2.60. The molecule has 1 aliphatic rings. The average Bonchev–Trinajstić information content (AvgIpc) is 3.59. The number of nitrogens with zero attached hydrogens (tertiary/aromatic N) is 4. The summed E-state index contributed by atoms with van der Waals surface area (Å²) in [5.41, 5.74) is 10.8. The van der Waals surface area contributed by atoms with Gasteiger partial charge < -0.3 is 20.3 Å². The van der Waals surface area contributed by atoms with E-state index in [1.165, 1.54) is 0 Å². The molecule has 3 heterocycles. The van der Waals surface area contributed by atoms with Crippen LogP contribution in [0.2, 0.25) is 0 Å². The molecule has 1 unspecified atom stereocenters. The van der Waals surface area contributed by atoms with Crippen molar-refractivity contribution in [2.24, 2.45) is 0 Å². The summed E-state index contributed by atoms with van der Waals surface area (Å²) in [7, 11) is 1.73. The summed E-state index contributed by atoms with van der Waals surface area (Å²) in [4.78, 5) is 18.1. The zero-order chi connectivity index (χ0) is 28.3. The van der Waals surface area contributed by atoms with Gasteiger partial charge in [-0.2, -0.15) is 5.10 Å². The number of hydrogen-bond donors (Lipinski definition) is 2. The number of carboxylic acid groups (broad SMARTS) is 1. The Bertz CT molecular complexity index is 1720. The van der Waals surface area contributed by atoms with Crippen LogP contribution in [0.5, 0.6) is 5.75 Å². The predicted octanol–water partition coefficient (Wildman–Crippen LogP) is 4.93. The highest BCUT2D eigenvalue weighted by Crippen LogP contribution is 2.33. The number of carbonyl (C=O) groups is 1. The van der Waals surface area contributed by atoms with Crippen LogP contribution in [0, 0.1) is 0 Å². The van der Waals surface area contributed by atoms with Crippen LogP contribution < -0.4 is 10.5 Å². The van der Waals surface area contributed by atoms with Crippen molar-refractivity contribution >= 4 is 33.5 Å². The van der Waals surface area contributed by atoms with E-state index in [-0.39, 0.29) is 19.1 Å². The zero-order valence-electron chi connectivity index (χ0n) is 23.0. The first kappa shape index (κ1) is 26.7. The number of benzene rings is 3. The molecule has 5 aromatic rings. The normalized spacial score (nSPS) is 15.6. The van der Waals surface area contributed by atoms with Gasteiger partial charge in [0.15, 0.2) is 0 Å². The lowest BCUT2D eigenvalue weighted by Gasteiger charge is -2.18. The van der Waals surface area contributed by atoms with Gasteiger partial charge in [0.1, 0.15) is 18.2 Å². The maximum atomic E-state index is 11.4. The smallest absolute Gasteiger partial charge is 0.307 e. The summed E-state index contributed by atoms with van der Waals surface area (Å²) in [5, 5.41) is 17.4. The van der Waals surface area contributed by atoms with Gasteiger partial charge >= 0.3 is 5.97 Å². The predicted molar refractivity (Wildman–Crippen MR) is 159 cm³/mol. The molecule has 0 spiro atoms. The van der Waals surface area contributed by atoms with Crippen LogP contribution in [0.15, 0.2) is 72.9 Å². The van der Waals surface area contributed by atoms with Gasteiger partial charge in [-0.05, 0) is 53.3 Å². The fourth-order valence-electron chi connectivity index (χ4n) is 5.69. The minimum Gasteiger partial charge on any atom is -0.487 e. The minimum absolute atomic E-state index is 0.0998. The number of para-hydroxylation sites is 1. The fourth-order valence-corrected chi connectivity index (χ4v) is 5.69. The van der Waals surface area contributed by atoms with E-state index in [2.05, 4.69) is 51.0 Å². The van der Waals surface area contributed by atoms with Crippen LogP contribution in [0.25, 0.3) is 32.8 Å². The lowest BCUT2D eigenvalue weighted by molar-refractivity contribution is -0.136. The number of nitrogens with two attached hydrogens (primary N) is 1. The van der Waals surface area contributed by atoms with E-state index in [1.54, 1.807) is 19.4 Å². The molecule has 41 heavy (non-hydrogen) atoms. The second kappa shape index (κ2) is 11.6. The fraction of sp³-hybridized carbons (Fsp3) is 0.281. The standard InChI is InChI=1S/C32H33N5O4/c1-40-15-14-36-13-11-25(19-36)37-29(20-41-30-5-3-2-4-24(30)18-31(38)39)27-17-23(8-9-28(27)35-37)22-7-6-21-10-12-34-32(33)26(21)16-22/h2-10,12,16-17,25H,11,13-15,18-20H2,1H3,(H2,33,34)(H,38,39). The highest BCUT2D eigenvalue weighted by molar-refractivity contribution is 5.95. The van der Waals surface area contributed by atoms with Gasteiger partial charge in [-0.1, -0.05) is 36.4 Å². The third-order valence-corrected chi connectivity index (χ3v) is 7.81.